The fourth-order valence-corrected chi connectivity index (χ4v) is 3.18. The van der Waals surface area contributed by atoms with Crippen molar-refractivity contribution >= 4 is 21.9 Å². The summed E-state index contributed by atoms with van der Waals surface area (Å²) >= 11 is 0. The van der Waals surface area contributed by atoms with Crippen LogP contribution in [0.3, 0.4) is 0 Å². The van der Waals surface area contributed by atoms with Gasteiger partial charge >= 0.3 is 0 Å². The average Bonchev–Trinajstić information content (AvgIpc) is 2.99. The second kappa shape index (κ2) is 6.40. The molecule has 0 radical (unpaired) electrons. The molecule has 0 N–H and O–H groups in total. The number of rotatable bonds is 5. The predicted molar refractivity (Wildman–Crippen MR) is 97.0 cm³/mol. The molecule has 0 bridgehead atoms. The number of hydrogen-bond donors (Lipinski definition) is 0. The zero-order valence-corrected chi connectivity index (χ0v) is 13.8. The molecule has 3 aromatic heterocycles. The molecule has 4 nitrogen and oxygen atoms in total. The quantitative estimate of drug-likeness (QED) is 0.549. The first-order valence-electron chi connectivity index (χ1n) is 8.48. The maximum Gasteiger partial charge on any atom is 0.110 e. The van der Waals surface area contributed by atoms with Gasteiger partial charge in [0.25, 0.3) is 0 Å². The van der Waals surface area contributed by atoms with Gasteiger partial charge in [-0.1, -0.05) is 31.5 Å². The van der Waals surface area contributed by atoms with E-state index in [1.807, 2.05) is 24.7 Å². The molecule has 0 aliphatic rings. The molecule has 4 rings (SSSR count). The number of unbranched alkanes of at least 4 members (excludes halogenated alkanes) is 1. The highest BCUT2D eigenvalue weighted by atomic mass is 15.1. The second-order valence-corrected chi connectivity index (χ2v) is 6.08. The molecule has 24 heavy (non-hydrogen) atoms. The summed E-state index contributed by atoms with van der Waals surface area (Å²) in [4.78, 5) is 13.6. The molecule has 3 heterocycles. The van der Waals surface area contributed by atoms with Crippen molar-refractivity contribution < 1.29 is 0 Å². The van der Waals surface area contributed by atoms with Crippen LogP contribution in [0.2, 0.25) is 0 Å². The standard InChI is InChI=1S/C20H20N4/c1-2-3-8-19-23-18-13-22-17-7-5-4-6-16(17)20(18)24(19)14-15-9-11-21-12-10-15/h4-7,9-13H,2-3,8,14H2,1H3. The van der Waals surface area contributed by atoms with E-state index in [1.54, 1.807) is 0 Å². The first-order valence-corrected chi connectivity index (χ1v) is 8.48. The maximum absolute atomic E-state index is 4.88. The molecule has 0 saturated carbocycles. The Kier molecular flexibility index (Phi) is 3.95. The molecule has 4 heteroatoms. The van der Waals surface area contributed by atoms with Crippen LogP contribution in [0.4, 0.5) is 0 Å². The summed E-state index contributed by atoms with van der Waals surface area (Å²) in [6.45, 7) is 3.03. The number of hydrogen-bond acceptors (Lipinski definition) is 3. The summed E-state index contributed by atoms with van der Waals surface area (Å²) < 4.78 is 2.35. The summed E-state index contributed by atoms with van der Waals surface area (Å²) in [7, 11) is 0. The zero-order valence-electron chi connectivity index (χ0n) is 13.8. The van der Waals surface area contributed by atoms with Crippen molar-refractivity contribution in [2.24, 2.45) is 0 Å². The number of fused-ring (bicyclic) bond motifs is 3. The van der Waals surface area contributed by atoms with Crippen molar-refractivity contribution in [1.82, 2.24) is 19.5 Å². The van der Waals surface area contributed by atoms with Crippen LogP contribution in [-0.2, 0) is 13.0 Å². The number of para-hydroxylation sites is 1. The van der Waals surface area contributed by atoms with Crippen molar-refractivity contribution in [3.8, 4) is 0 Å². The minimum atomic E-state index is 0.812. The number of aromatic nitrogens is 4. The fourth-order valence-electron chi connectivity index (χ4n) is 3.18. The Balaban J connectivity index is 1.93. The van der Waals surface area contributed by atoms with Crippen LogP contribution in [0.15, 0.2) is 55.0 Å². The van der Waals surface area contributed by atoms with E-state index >= 15 is 0 Å². The van der Waals surface area contributed by atoms with Crippen molar-refractivity contribution in [3.63, 3.8) is 0 Å². The fraction of sp³-hybridized carbons (Fsp3) is 0.250. The van der Waals surface area contributed by atoms with E-state index in [1.165, 1.54) is 16.5 Å². The minimum Gasteiger partial charge on any atom is -0.323 e. The van der Waals surface area contributed by atoms with Gasteiger partial charge in [-0.25, -0.2) is 4.98 Å². The molecule has 4 aromatic rings. The van der Waals surface area contributed by atoms with Crippen molar-refractivity contribution in [2.45, 2.75) is 32.7 Å². The van der Waals surface area contributed by atoms with Gasteiger partial charge in [0, 0.05) is 30.7 Å². The highest BCUT2D eigenvalue weighted by Crippen LogP contribution is 2.26. The Labute approximate surface area is 141 Å². The summed E-state index contributed by atoms with van der Waals surface area (Å²) in [5, 5.41) is 1.17. The van der Waals surface area contributed by atoms with E-state index in [-0.39, 0.29) is 0 Å². The highest BCUT2D eigenvalue weighted by Gasteiger charge is 2.14. The molecule has 0 amide bonds. The Hall–Kier alpha value is -2.75. The van der Waals surface area contributed by atoms with E-state index in [0.717, 1.165) is 42.7 Å². The molecular formula is C20H20N4. The van der Waals surface area contributed by atoms with Gasteiger partial charge < -0.3 is 4.57 Å². The Morgan fingerprint density at radius 2 is 1.83 bits per heavy atom. The zero-order chi connectivity index (χ0) is 16.4. The van der Waals surface area contributed by atoms with Crippen molar-refractivity contribution in [1.29, 1.82) is 0 Å². The molecule has 0 aliphatic carbocycles. The lowest BCUT2D eigenvalue weighted by Gasteiger charge is -2.10. The van der Waals surface area contributed by atoms with E-state index in [4.69, 9.17) is 4.98 Å². The third-order valence-electron chi connectivity index (χ3n) is 4.40. The van der Waals surface area contributed by atoms with Gasteiger partial charge in [-0.15, -0.1) is 0 Å². The van der Waals surface area contributed by atoms with Gasteiger partial charge in [-0.2, -0.15) is 0 Å². The van der Waals surface area contributed by atoms with Crippen LogP contribution >= 0.6 is 0 Å². The lowest BCUT2D eigenvalue weighted by molar-refractivity contribution is 0.690. The Morgan fingerprint density at radius 1 is 1.00 bits per heavy atom. The number of pyridine rings is 2. The Morgan fingerprint density at radius 3 is 2.67 bits per heavy atom. The monoisotopic (exact) mass is 316 g/mol. The van der Waals surface area contributed by atoms with Crippen LogP contribution in [-0.4, -0.2) is 19.5 Å². The third kappa shape index (κ3) is 2.64. The number of aryl methyl sites for hydroxylation is 1. The largest absolute Gasteiger partial charge is 0.323 e. The molecule has 0 aliphatic heterocycles. The average molecular weight is 316 g/mol. The highest BCUT2D eigenvalue weighted by molar-refractivity contribution is 6.02. The van der Waals surface area contributed by atoms with Crippen LogP contribution in [0.1, 0.15) is 31.2 Å². The second-order valence-electron chi connectivity index (χ2n) is 6.08. The topological polar surface area (TPSA) is 43.6 Å². The van der Waals surface area contributed by atoms with E-state index in [2.05, 4.69) is 51.8 Å². The lowest BCUT2D eigenvalue weighted by atomic mass is 10.2. The van der Waals surface area contributed by atoms with Crippen LogP contribution < -0.4 is 0 Å². The van der Waals surface area contributed by atoms with Gasteiger partial charge in [0.15, 0.2) is 0 Å². The first kappa shape index (κ1) is 14.8. The molecule has 0 atom stereocenters. The van der Waals surface area contributed by atoms with E-state index < -0.39 is 0 Å². The molecule has 1 aromatic carbocycles. The summed E-state index contributed by atoms with van der Waals surface area (Å²) in [5.41, 5.74) is 4.42. The normalized spacial score (nSPS) is 11.4. The predicted octanol–water partition coefficient (Wildman–Crippen LogP) is 4.37. The van der Waals surface area contributed by atoms with Gasteiger partial charge in [0.05, 0.1) is 17.2 Å². The Bertz CT molecular complexity index is 973. The van der Waals surface area contributed by atoms with Crippen molar-refractivity contribution in [2.75, 3.05) is 0 Å². The lowest BCUT2D eigenvalue weighted by Crippen LogP contribution is -2.06. The van der Waals surface area contributed by atoms with E-state index in [0.29, 0.717) is 0 Å². The SMILES string of the molecule is CCCCc1nc2cnc3ccccc3c2n1Cc1ccncc1. The number of nitrogens with zero attached hydrogens (tertiary/aromatic N) is 4. The van der Waals surface area contributed by atoms with Gasteiger partial charge in [0.1, 0.15) is 11.3 Å². The molecule has 0 saturated heterocycles. The smallest absolute Gasteiger partial charge is 0.110 e. The minimum absolute atomic E-state index is 0.812. The summed E-state index contributed by atoms with van der Waals surface area (Å²) in [6.07, 6.45) is 8.89. The number of imidazole rings is 1. The molecule has 0 fully saturated rings. The molecule has 0 unspecified atom stereocenters. The van der Waals surface area contributed by atoms with Gasteiger partial charge in [0.2, 0.25) is 0 Å². The van der Waals surface area contributed by atoms with Gasteiger partial charge in [-0.3, -0.25) is 9.97 Å². The van der Waals surface area contributed by atoms with Crippen LogP contribution in [0.5, 0.6) is 0 Å². The third-order valence-corrected chi connectivity index (χ3v) is 4.40. The summed E-state index contributed by atoms with van der Waals surface area (Å²) in [5.74, 6) is 1.14. The first-order chi connectivity index (χ1) is 11.9. The number of benzene rings is 1. The molecular weight excluding hydrogens is 296 g/mol. The van der Waals surface area contributed by atoms with Crippen molar-refractivity contribution in [3.05, 3.63) is 66.4 Å². The van der Waals surface area contributed by atoms with E-state index in [9.17, 15) is 0 Å². The van der Waals surface area contributed by atoms with Crippen LogP contribution in [0.25, 0.3) is 21.9 Å². The maximum atomic E-state index is 4.88. The molecule has 0 spiro atoms. The van der Waals surface area contributed by atoms with Crippen LogP contribution in [0, 0.1) is 0 Å². The van der Waals surface area contributed by atoms with Gasteiger partial charge in [-0.05, 0) is 30.2 Å². The summed E-state index contributed by atoms with van der Waals surface area (Å²) in [6, 6.07) is 12.4. The molecule has 120 valence electrons.